The van der Waals surface area contributed by atoms with E-state index in [0.29, 0.717) is 12.3 Å². The highest BCUT2D eigenvalue weighted by atomic mass is 19.4. The summed E-state index contributed by atoms with van der Waals surface area (Å²) in [5.41, 5.74) is 5.52. The number of hydrogen-bond acceptors (Lipinski definition) is 3. The summed E-state index contributed by atoms with van der Waals surface area (Å²) < 4.78 is 45.1. The molecule has 3 nitrogen and oxygen atoms in total. The standard InChI is InChI=1S/C12H16F3NO2/c1-2-3-11(8-16)17-9-4-6-10(7-5-9)18-12(13,14)15/h4-7,11H,2-3,8,16H2,1H3. The highest BCUT2D eigenvalue weighted by molar-refractivity contribution is 5.31. The Balaban J connectivity index is 2.59. The summed E-state index contributed by atoms with van der Waals surface area (Å²) in [6.45, 7) is 2.38. The first kappa shape index (κ1) is 14.6. The molecule has 0 aliphatic heterocycles. The van der Waals surface area contributed by atoms with Crippen LogP contribution < -0.4 is 15.2 Å². The van der Waals surface area contributed by atoms with Gasteiger partial charge >= 0.3 is 6.36 Å². The van der Waals surface area contributed by atoms with Crippen LogP contribution in [0, 0.1) is 0 Å². The number of alkyl halides is 3. The number of halogens is 3. The molecular formula is C12H16F3NO2. The first-order valence-electron chi connectivity index (χ1n) is 5.67. The third-order valence-electron chi connectivity index (χ3n) is 2.23. The lowest BCUT2D eigenvalue weighted by Gasteiger charge is -2.17. The lowest BCUT2D eigenvalue weighted by atomic mass is 10.2. The molecule has 1 aromatic rings. The molecular weight excluding hydrogens is 247 g/mol. The van der Waals surface area contributed by atoms with Gasteiger partial charge in [0.05, 0.1) is 0 Å². The van der Waals surface area contributed by atoms with E-state index in [1.165, 1.54) is 24.3 Å². The van der Waals surface area contributed by atoms with Crippen molar-refractivity contribution in [2.45, 2.75) is 32.2 Å². The minimum atomic E-state index is -4.68. The highest BCUT2D eigenvalue weighted by Gasteiger charge is 2.30. The van der Waals surface area contributed by atoms with Crippen LogP contribution in [0.5, 0.6) is 11.5 Å². The minimum Gasteiger partial charge on any atom is -0.489 e. The number of hydrogen-bond donors (Lipinski definition) is 1. The summed E-state index contributed by atoms with van der Waals surface area (Å²) in [5, 5.41) is 0. The van der Waals surface area contributed by atoms with Crippen LogP contribution >= 0.6 is 0 Å². The molecule has 18 heavy (non-hydrogen) atoms. The van der Waals surface area contributed by atoms with E-state index >= 15 is 0 Å². The molecule has 2 N–H and O–H groups in total. The normalized spacial score (nSPS) is 13.2. The van der Waals surface area contributed by atoms with Crippen molar-refractivity contribution < 1.29 is 22.6 Å². The van der Waals surface area contributed by atoms with Crippen molar-refractivity contribution in [1.82, 2.24) is 0 Å². The van der Waals surface area contributed by atoms with Gasteiger partial charge in [-0.25, -0.2) is 0 Å². The maximum atomic E-state index is 11.9. The fourth-order valence-electron chi connectivity index (χ4n) is 1.46. The smallest absolute Gasteiger partial charge is 0.489 e. The van der Waals surface area contributed by atoms with E-state index in [-0.39, 0.29) is 11.9 Å². The van der Waals surface area contributed by atoms with Gasteiger partial charge in [0, 0.05) is 6.54 Å². The SMILES string of the molecule is CCCC(CN)Oc1ccc(OC(F)(F)F)cc1. The maximum Gasteiger partial charge on any atom is 0.573 e. The predicted octanol–water partition coefficient (Wildman–Crippen LogP) is 3.09. The molecule has 0 spiro atoms. The lowest BCUT2D eigenvalue weighted by Crippen LogP contribution is -2.26. The molecule has 6 heteroatoms. The lowest BCUT2D eigenvalue weighted by molar-refractivity contribution is -0.274. The summed E-state index contributed by atoms with van der Waals surface area (Å²) in [5.74, 6) is 0.211. The first-order chi connectivity index (χ1) is 8.44. The molecule has 0 aliphatic carbocycles. The third kappa shape index (κ3) is 5.27. The minimum absolute atomic E-state index is 0.121. The van der Waals surface area contributed by atoms with Crippen LogP contribution in [0.25, 0.3) is 0 Å². The van der Waals surface area contributed by atoms with Gasteiger partial charge < -0.3 is 15.2 Å². The van der Waals surface area contributed by atoms with Gasteiger partial charge in [0.1, 0.15) is 17.6 Å². The third-order valence-corrected chi connectivity index (χ3v) is 2.23. The van der Waals surface area contributed by atoms with Gasteiger partial charge in [-0.15, -0.1) is 13.2 Å². The molecule has 1 atom stereocenters. The Bertz CT molecular complexity index is 351. The van der Waals surface area contributed by atoms with Crippen molar-refractivity contribution in [3.63, 3.8) is 0 Å². The number of nitrogens with two attached hydrogens (primary N) is 1. The molecule has 1 unspecified atom stereocenters. The summed E-state index contributed by atoms with van der Waals surface area (Å²) >= 11 is 0. The second-order valence-corrected chi connectivity index (χ2v) is 3.78. The average Bonchev–Trinajstić information content (AvgIpc) is 2.29. The molecule has 0 bridgehead atoms. The van der Waals surface area contributed by atoms with E-state index in [0.717, 1.165) is 12.8 Å². The highest BCUT2D eigenvalue weighted by Crippen LogP contribution is 2.25. The van der Waals surface area contributed by atoms with Crippen LogP contribution in [0.2, 0.25) is 0 Å². The number of ether oxygens (including phenoxy) is 2. The zero-order valence-electron chi connectivity index (χ0n) is 10.0. The van der Waals surface area contributed by atoms with Crippen LogP contribution in [-0.2, 0) is 0 Å². The Morgan fingerprint density at radius 2 is 1.72 bits per heavy atom. The fraction of sp³-hybridized carbons (Fsp3) is 0.500. The monoisotopic (exact) mass is 263 g/mol. The Labute approximate surface area is 104 Å². The Hall–Kier alpha value is -1.43. The van der Waals surface area contributed by atoms with Crippen molar-refractivity contribution in [2.24, 2.45) is 5.73 Å². The van der Waals surface area contributed by atoms with Crippen LogP contribution in [0.4, 0.5) is 13.2 Å². The van der Waals surface area contributed by atoms with Crippen molar-refractivity contribution in [1.29, 1.82) is 0 Å². The quantitative estimate of drug-likeness (QED) is 0.857. The molecule has 0 heterocycles. The van der Waals surface area contributed by atoms with E-state index < -0.39 is 6.36 Å². The summed E-state index contributed by atoms with van der Waals surface area (Å²) in [6.07, 6.45) is -3.07. The van der Waals surface area contributed by atoms with Crippen molar-refractivity contribution in [2.75, 3.05) is 6.54 Å². The largest absolute Gasteiger partial charge is 0.573 e. The van der Waals surface area contributed by atoms with Crippen LogP contribution in [0.15, 0.2) is 24.3 Å². The van der Waals surface area contributed by atoms with Crippen LogP contribution in [-0.4, -0.2) is 19.0 Å². The summed E-state index contributed by atoms with van der Waals surface area (Å²) in [7, 11) is 0. The van der Waals surface area contributed by atoms with Crippen molar-refractivity contribution >= 4 is 0 Å². The van der Waals surface area contributed by atoms with Crippen molar-refractivity contribution in [3.05, 3.63) is 24.3 Å². The predicted molar refractivity (Wildman–Crippen MR) is 61.5 cm³/mol. The number of benzene rings is 1. The molecule has 1 rings (SSSR count). The topological polar surface area (TPSA) is 44.5 Å². The zero-order valence-corrected chi connectivity index (χ0v) is 10.0. The second kappa shape index (κ2) is 6.49. The van der Waals surface area contributed by atoms with E-state index in [1.54, 1.807) is 0 Å². The van der Waals surface area contributed by atoms with Gasteiger partial charge in [-0.2, -0.15) is 0 Å². The average molecular weight is 263 g/mol. The Kier molecular flexibility index (Phi) is 5.27. The Morgan fingerprint density at radius 1 is 1.17 bits per heavy atom. The van der Waals surface area contributed by atoms with Crippen LogP contribution in [0.3, 0.4) is 0 Å². The molecule has 0 saturated heterocycles. The van der Waals surface area contributed by atoms with E-state index in [9.17, 15) is 13.2 Å². The molecule has 0 saturated carbocycles. The van der Waals surface area contributed by atoms with Gasteiger partial charge in [-0.05, 0) is 30.7 Å². The van der Waals surface area contributed by atoms with E-state index in [4.69, 9.17) is 10.5 Å². The van der Waals surface area contributed by atoms with Gasteiger partial charge in [-0.3, -0.25) is 0 Å². The number of rotatable bonds is 6. The van der Waals surface area contributed by atoms with Crippen LogP contribution in [0.1, 0.15) is 19.8 Å². The van der Waals surface area contributed by atoms with E-state index in [1.807, 2.05) is 6.92 Å². The van der Waals surface area contributed by atoms with Gasteiger partial charge in [-0.1, -0.05) is 13.3 Å². The van der Waals surface area contributed by atoms with Gasteiger partial charge in [0.2, 0.25) is 0 Å². The molecule has 0 fully saturated rings. The van der Waals surface area contributed by atoms with Gasteiger partial charge in [0.15, 0.2) is 0 Å². The van der Waals surface area contributed by atoms with Gasteiger partial charge in [0.25, 0.3) is 0 Å². The fourth-order valence-corrected chi connectivity index (χ4v) is 1.46. The molecule has 0 amide bonds. The second-order valence-electron chi connectivity index (χ2n) is 3.78. The Morgan fingerprint density at radius 3 is 2.17 bits per heavy atom. The molecule has 0 radical (unpaired) electrons. The maximum absolute atomic E-state index is 11.9. The molecule has 1 aromatic carbocycles. The molecule has 102 valence electrons. The summed E-state index contributed by atoms with van der Waals surface area (Å²) in [4.78, 5) is 0. The molecule has 0 aliphatic rings. The molecule has 0 aromatic heterocycles. The van der Waals surface area contributed by atoms with E-state index in [2.05, 4.69) is 4.74 Å². The first-order valence-corrected chi connectivity index (χ1v) is 5.67. The van der Waals surface area contributed by atoms with Crippen molar-refractivity contribution in [3.8, 4) is 11.5 Å². The zero-order chi connectivity index (χ0) is 13.6. The summed E-state index contributed by atoms with van der Waals surface area (Å²) in [6, 6.07) is 5.28.